The standard InChI is InChI=1S/C13H25NOS/c1-9(2)12(10(3)4)7-14-13(15)11-5-6-16-8-11/h9-12H,5-8H2,1-4H3,(H,14,15). The third-order valence-electron chi connectivity index (χ3n) is 3.53. The van der Waals surface area contributed by atoms with Crippen molar-refractivity contribution in [3.05, 3.63) is 0 Å². The molecule has 0 bridgehead atoms. The molecule has 1 atom stereocenters. The van der Waals surface area contributed by atoms with Gasteiger partial charge in [0, 0.05) is 18.2 Å². The maximum Gasteiger partial charge on any atom is 0.223 e. The van der Waals surface area contributed by atoms with Crippen molar-refractivity contribution in [3.63, 3.8) is 0 Å². The second kappa shape index (κ2) is 6.53. The second-order valence-electron chi connectivity index (χ2n) is 5.46. The van der Waals surface area contributed by atoms with Crippen LogP contribution >= 0.6 is 11.8 Å². The molecule has 0 aromatic rings. The Hall–Kier alpha value is -0.180. The van der Waals surface area contributed by atoms with Crippen molar-refractivity contribution >= 4 is 17.7 Å². The molecule has 0 saturated carbocycles. The van der Waals surface area contributed by atoms with Gasteiger partial charge in [-0.3, -0.25) is 4.79 Å². The summed E-state index contributed by atoms with van der Waals surface area (Å²) in [6.45, 7) is 9.80. The molecule has 1 fully saturated rings. The van der Waals surface area contributed by atoms with E-state index in [4.69, 9.17) is 0 Å². The van der Waals surface area contributed by atoms with Crippen molar-refractivity contribution in [2.75, 3.05) is 18.1 Å². The Morgan fingerprint density at radius 3 is 2.38 bits per heavy atom. The molecule has 0 radical (unpaired) electrons. The van der Waals surface area contributed by atoms with Crippen LogP contribution in [0.5, 0.6) is 0 Å². The summed E-state index contributed by atoms with van der Waals surface area (Å²) in [6, 6.07) is 0. The predicted octanol–water partition coefficient (Wildman–Crippen LogP) is 2.78. The van der Waals surface area contributed by atoms with E-state index in [2.05, 4.69) is 33.0 Å². The number of rotatable bonds is 5. The summed E-state index contributed by atoms with van der Waals surface area (Å²) in [4.78, 5) is 11.9. The first-order valence-electron chi connectivity index (χ1n) is 6.37. The molecular formula is C13H25NOS. The number of thioether (sulfide) groups is 1. The van der Waals surface area contributed by atoms with E-state index in [0.717, 1.165) is 24.5 Å². The lowest BCUT2D eigenvalue weighted by molar-refractivity contribution is -0.124. The molecule has 1 saturated heterocycles. The fourth-order valence-electron chi connectivity index (χ4n) is 2.35. The van der Waals surface area contributed by atoms with Crippen LogP contribution in [0.2, 0.25) is 0 Å². The third kappa shape index (κ3) is 4.00. The Labute approximate surface area is 104 Å². The summed E-state index contributed by atoms with van der Waals surface area (Å²) in [6.07, 6.45) is 1.06. The Bertz CT molecular complexity index is 214. The molecular weight excluding hydrogens is 218 g/mol. The fraction of sp³-hybridized carbons (Fsp3) is 0.923. The van der Waals surface area contributed by atoms with Gasteiger partial charge in [0.1, 0.15) is 0 Å². The van der Waals surface area contributed by atoms with Crippen LogP contribution < -0.4 is 5.32 Å². The minimum atomic E-state index is 0.268. The summed E-state index contributed by atoms with van der Waals surface area (Å²) in [5, 5.41) is 3.14. The third-order valence-corrected chi connectivity index (χ3v) is 4.69. The molecule has 94 valence electrons. The van der Waals surface area contributed by atoms with Crippen molar-refractivity contribution in [1.82, 2.24) is 5.32 Å². The van der Waals surface area contributed by atoms with Gasteiger partial charge in [0.15, 0.2) is 0 Å². The Morgan fingerprint density at radius 2 is 1.94 bits per heavy atom. The minimum Gasteiger partial charge on any atom is -0.356 e. The molecule has 0 aromatic carbocycles. The van der Waals surface area contributed by atoms with Gasteiger partial charge in [-0.15, -0.1) is 0 Å². The van der Waals surface area contributed by atoms with Gasteiger partial charge in [-0.2, -0.15) is 11.8 Å². The highest BCUT2D eigenvalue weighted by atomic mass is 32.2. The van der Waals surface area contributed by atoms with Crippen LogP contribution in [0.25, 0.3) is 0 Å². The van der Waals surface area contributed by atoms with E-state index >= 15 is 0 Å². The van der Waals surface area contributed by atoms with Crippen LogP contribution in [0.15, 0.2) is 0 Å². The van der Waals surface area contributed by atoms with E-state index in [1.165, 1.54) is 0 Å². The van der Waals surface area contributed by atoms with Crippen LogP contribution in [0, 0.1) is 23.7 Å². The summed E-state index contributed by atoms with van der Waals surface area (Å²) in [5.41, 5.74) is 0. The normalized spacial score (nSPS) is 21.1. The maximum absolute atomic E-state index is 11.9. The molecule has 0 aromatic heterocycles. The number of amides is 1. The van der Waals surface area contributed by atoms with Crippen LogP contribution in [0.1, 0.15) is 34.1 Å². The lowest BCUT2D eigenvalue weighted by Crippen LogP contribution is -2.37. The number of carbonyl (C=O) groups excluding carboxylic acids is 1. The van der Waals surface area contributed by atoms with Gasteiger partial charge in [-0.25, -0.2) is 0 Å². The number of carbonyl (C=O) groups is 1. The fourth-order valence-corrected chi connectivity index (χ4v) is 3.57. The average molecular weight is 243 g/mol. The molecule has 1 N–H and O–H groups in total. The van der Waals surface area contributed by atoms with Gasteiger partial charge in [0.25, 0.3) is 0 Å². The van der Waals surface area contributed by atoms with Crippen molar-refractivity contribution in [2.24, 2.45) is 23.7 Å². The monoisotopic (exact) mass is 243 g/mol. The zero-order valence-electron chi connectivity index (χ0n) is 11.0. The van der Waals surface area contributed by atoms with Crippen LogP contribution in [0.3, 0.4) is 0 Å². The summed E-state index contributed by atoms with van der Waals surface area (Å²) < 4.78 is 0. The first kappa shape index (κ1) is 13.9. The number of nitrogens with one attached hydrogen (secondary N) is 1. The first-order valence-corrected chi connectivity index (χ1v) is 7.53. The van der Waals surface area contributed by atoms with Crippen molar-refractivity contribution < 1.29 is 4.79 Å². The van der Waals surface area contributed by atoms with Crippen molar-refractivity contribution in [2.45, 2.75) is 34.1 Å². The Balaban J connectivity index is 2.33. The molecule has 1 rings (SSSR count). The predicted molar refractivity (Wildman–Crippen MR) is 71.6 cm³/mol. The van der Waals surface area contributed by atoms with E-state index in [-0.39, 0.29) is 11.8 Å². The number of hydrogen-bond donors (Lipinski definition) is 1. The summed E-state index contributed by atoms with van der Waals surface area (Å²) >= 11 is 1.90. The van der Waals surface area contributed by atoms with E-state index in [1.54, 1.807) is 0 Å². The first-order chi connectivity index (χ1) is 7.52. The molecule has 3 heteroatoms. The maximum atomic E-state index is 11.9. The molecule has 16 heavy (non-hydrogen) atoms. The lowest BCUT2D eigenvalue weighted by Gasteiger charge is -2.25. The van der Waals surface area contributed by atoms with Crippen LogP contribution in [0.4, 0.5) is 0 Å². The quantitative estimate of drug-likeness (QED) is 0.804. The van der Waals surface area contributed by atoms with Crippen LogP contribution in [-0.2, 0) is 4.79 Å². The van der Waals surface area contributed by atoms with E-state index in [1.807, 2.05) is 11.8 Å². The highest BCUT2D eigenvalue weighted by molar-refractivity contribution is 7.99. The smallest absolute Gasteiger partial charge is 0.223 e. The van der Waals surface area contributed by atoms with E-state index < -0.39 is 0 Å². The topological polar surface area (TPSA) is 29.1 Å². The zero-order chi connectivity index (χ0) is 12.1. The van der Waals surface area contributed by atoms with Crippen molar-refractivity contribution in [3.8, 4) is 0 Å². The van der Waals surface area contributed by atoms with Crippen molar-refractivity contribution in [1.29, 1.82) is 0 Å². The average Bonchev–Trinajstić information content (AvgIpc) is 2.69. The van der Waals surface area contributed by atoms with E-state index in [9.17, 15) is 4.79 Å². The molecule has 1 unspecified atom stereocenters. The zero-order valence-corrected chi connectivity index (χ0v) is 11.8. The SMILES string of the molecule is CC(C)C(CNC(=O)C1CCSC1)C(C)C. The van der Waals surface area contributed by atoms with Gasteiger partial charge in [-0.1, -0.05) is 27.7 Å². The molecule has 1 amide bonds. The minimum absolute atomic E-state index is 0.268. The molecule has 2 nitrogen and oxygen atoms in total. The molecule has 1 aliphatic rings. The van der Waals surface area contributed by atoms with Gasteiger partial charge < -0.3 is 5.32 Å². The molecule has 1 heterocycles. The lowest BCUT2D eigenvalue weighted by atomic mass is 9.85. The van der Waals surface area contributed by atoms with Crippen LogP contribution in [-0.4, -0.2) is 24.0 Å². The molecule has 0 aliphatic carbocycles. The largest absolute Gasteiger partial charge is 0.356 e. The molecule has 1 aliphatic heterocycles. The van der Waals surface area contributed by atoms with Gasteiger partial charge in [-0.05, 0) is 29.9 Å². The Kier molecular flexibility index (Phi) is 5.67. The summed E-state index contributed by atoms with van der Waals surface area (Å²) in [5.74, 6) is 4.58. The van der Waals surface area contributed by atoms with Gasteiger partial charge in [0.2, 0.25) is 5.91 Å². The Morgan fingerprint density at radius 1 is 1.31 bits per heavy atom. The summed E-state index contributed by atoms with van der Waals surface area (Å²) in [7, 11) is 0. The second-order valence-corrected chi connectivity index (χ2v) is 6.61. The van der Waals surface area contributed by atoms with Gasteiger partial charge >= 0.3 is 0 Å². The number of hydrogen-bond acceptors (Lipinski definition) is 2. The van der Waals surface area contributed by atoms with E-state index in [0.29, 0.717) is 17.8 Å². The highest BCUT2D eigenvalue weighted by Crippen LogP contribution is 2.24. The molecule has 0 spiro atoms. The van der Waals surface area contributed by atoms with Gasteiger partial charge in [0.05, 0.1) is 0 Å². The highest BCUT2D eigenvalue weighted by Gasteiger charge is 2.24.